The predicted octanol–water partition coefficient (Wildman–Crippen LogP) is 1.77. The van der Waals surface area contributed by atoms with E-state index >= 15 is 0 Å². The Morgan fingerprint density at radius 2 is 2.05 bits per heavy atom. The van der Waals surface area contributed by atoms with Gasteiger partial charge in [-0.15, -0.1) is 0 Å². The molecule has 1 fully saturated rings. The topological polar surface area (TPSA) is 59.5 Å². The number of methoxy groups -OCH3 is 1. The van der Waals surface area contributed by atoms with Gasteiger partial charge in [0, 0.05) is 31.4 Å². The lowest BCUT2D eigenvalue weighted by molar-refractivity contribution is -0.143. The number of nitrogens with zero attached hydrogens (tertiary/aromatic N) is 2. The first kappa shape index (κ1) is 14.5. The van der Waals surface area contributed by atoms with Crippen LogP contribution in [0.2, 0.25) is 0 Å². The van der Waals surface area contributed by atoms with E-state index in [1.165, 1.54) is 7.11 Å². The summed E-state index contributed by atoms with van der Waals surface area (Å²) in [6.07, 6.45) is 6.70. The van der Waals surface area contributed by atoms with Crippen molar-refractivity contribution in [2.24, 2.45) is 5.92 Å². The predicted molar refractivity (Wildman–Crippen MR) is 73.6 cm³/mol. The molecule has 0 atom stereocenters. The van der Waals surface area contributed by atoms with Crippen LogP contribution < -0.4 is 0 Å². The molecular formula is C15H20N2O3. The molecule has 5 heteroatoms. The number of amides is 1. The number of carbonyl (C=O) groups is 2. The highest BCUT2D eigenvalue weighted by Crippen LogP contribution is 2.28. The van der Waals surface area contributed by atoms with E-state index < -0.39 is 0 Å². The maximum absolute atomic E-state index is 12.4. The Hall–Kier alpha value is -1.91. The molecule has 1 aliphatic rings. The molecule has 2 rings (SSSR count). The summed E-state index contributed by atoms with van der Waals surface area (Å²) < 4.78 is 4.64. The Morgan fingerprint density at radius 3 is 2.60 bits per heavy atom. The van der Waals surface area contributed by atoms with Crippen LogP contribution in [0.1, 0.15) is 31.2 Å². The Bertz CT molecular complexity index is 457. The minimum absolute atomic E-state index is 0.134. The van der Waals surface area contributed by atoms with Crippen LogP contribution in [0.15, 0.2) is 24.5 Å². The summed E-state index contributed by atoms with van der Waals surface area (Å²) in [4.78, 5) is 29.4. The van der Waals surface area contributed by atoms with E-state index in [1.54, 1.807) is 17.3 Å². The van der Waals surface area contributed by atoms with Crippen LogP contribution in [0, 0.1) is 5.92 Å². The zero-order chi connectivity index (χ0) is 14.4. The molecule has 1 aromatic rings. The van der Waals surface area contributed by atoms with E-state index in [0.717, 1.165) is 24.8 Å². The smallest absolute Gasteiger partial charge is 0.307 e. The molecule has 1 aromatic heterocycles. The van der Waals surface area contributed by atoms with Crippen molar-refractivity contribution in [3.8, 4) is 0 Å². The molecule has 1 aliphatic carbocycles. The molecule has 1 saturated carbocycles. The fourth-order valence-electron chi connectivity index (χ4n) is 2.22. The molecule has 0 spiro atoms. The number of ether oxygens (including phenoxy) is 1. The van der Waals surface area contributed by atoms with Crippen LogP contribution >= 0.6 is 0 Å². The second-order valence-electron chi connectivity index (χ2n) is 5.07. The molecular weight excluding hydrogens is 256 g/mol. The SMILES string of the molecule is COC(=O)CCN(Cc1ccncc1)C(=O)C1CCC1. The van der Waals surface area contributed by atoms with Gasteiger partial charge in [0.25, 0.3) is 0 Å². The van der Waals surface area contributed by atoms with Gasteiger partial charge in [0.15, 0.2) is 0 Å². The molecule has 0 bridgehead atoms. The van der Waals surface area contributed by atoms with Crippen molar-refractivity contribution in [3.63, 3.8) is 0 Å². The van der Waals surface area contributed by atoms with Gasteiger partial charge in [-0.2, -0.15) is 0 Å². The fraction of sp³-hybridized carbons (Fsp3) is 0.533. The van der Waals surface area contributed by atoms with Crippen molar-refractivity contribution in [2.45, 2.75) is 32.2 Å². The Balaban J connectivity index is 1.98. The first-order valence-electron chi connectivity index (χ1n) is 6.95. The number of pyridine rings is 1. The molecule has 0 aliphatic heterocycles. The summed E-state index contributed by atoms with van der Waals surface area (Å²) in [7, 11) is 1.36. The summed E-state index contributed by atoms with van der Waals surface area (Å²) >= 11 is 0. The van der Waals surface area contributed by atoms with Gasteiger partial charge in [0.1, 0.15) is 0 Å². The van der Waals surface area contributed by atoms with E-state index in [1.807, 2.05) is 12.1 Å². The molecule has 20 heavy (non-hydrogen) atoms. The van der Waals surface area contributed by atoms with Gasteiger partial charge in [0.2, 0.25) is 5.91 Å². The van der Waals surface area contributed by atoms with Crippen LogP contribution in [-0.2, 0) is 20.9 Å². The Labute approximate surface area is 118 Å². The zero-order valence-electron chi connectivity index (χ0n) is 11.7. The van der Waals surface area contributed by atoms with E-state index in [-0.39, 0.29) is 24.2 Å². The van der Waals surface area contributed by atoms with Gasteiger partial charge in [-0.1, -0.05) is 6.42 Å². The van der Waals surface area contributed by atoms with E-state index in [9.17, 15) is 9.59 Å². The third-order valence-corrected chi connectivity index (χ3v) is 3.70. The second kappa shape index (κ2) is 7.03. The number of esters is 1. The van der Waals surface area contributed by atoms with Gasteiger partial charge in [-0.05, 0) is 30.5 Å². The van der Waals surface area contributed by atoms with Gasteiger partial charge in [-0.25, -0.2) is 0 Å². The molecule has 0 aromatic carbocycles. The normalized spacial score (nSPS) is 14.4. The van der Waals surface area contributed by atoms with E-state index in [4.69, 9.17) is 0 Å². The van der Waals surface area contributed by atoms with Gasteiger partial charge in [0.05, 0.1) is 13.5 Å². The summed E-state index contributed by atoms with van der Waals surface area (Å²) in [5, 5.41) is 0. The Kier molecular flexibility index (Phi) is 5.09. The van der Waals surface area contributed by atoms with Crippen molar-refractivity contribution < 1.29 is 14.3 Å². The quantitative estimate of drug-likeness (QED) is 0.743. The van der Waals surface area contributed by atoms with Crippen molar-refractivity contribution >= 4 is 11.9 Å². The second-order valence-corrected chi connectivity index (χ2v) is 5.07. The first-order chi connectivity index (χ1) is 9.70. The summed E-state index contributed by atoms with van der Waals surface area (Å²) in [5.74, 6) is -0.00223. The lowest BCUT2D eigenvalue weighted by atomic mass is 9.84. The van der Waals surface area contributed by atoms with Crippen molar-refractivity contribution in [3.05, 3.63) is 30.1 Å². The maximum atomic E-state index is 12.4. The number of hydrogen-bond acceptors (Lipinski definition) is 4. The molecule has 0 saturated heterocycles. The third-order valence-electron chi connectivity index (χ3n) is 3.70. The van der Waals surface area contributed by atoms with Crippen LogP contribution in [0.3, 0.4) is 0 Å². The Morgan fingerprint density at radius 1 is 1.35 bits per heavy atom. The minimum Gasteiger partial charge on any atom is -0.469 e. The molecule has 1 heterocycles. The van der Waals surface area contributed by atoms with Crippen LogP contribution in [-0.4, -0.2) is 35.4 Å². The maximum Gasteiger partial charge on any atom is 0.307 e. The van der Waals surface area contributed by atoms with Gasteiger partial charge >= 0.3 is 5.97 Å². The average Bonchev–Trinajstić information content (AvgIpc) is 2.42. The van der Waals surface area contributed by atoms with E-state index in [0.29, 0.717) is 13.1 Å². The van der Waals surface area contributed by atoms with Gasteiger partial charge < -0.3 is 9.64 Å². The molecule has 1 amide bonds. The monoisotopic (exact) mass is 276 g/mol. The van der Waals surface area contributed by atoms with Crippen LogP contribution in [0.4, 0.5) is 0 Å². The lowest BCUT2D eigenvalue weighted by Crippen LogP contribution is -2.39. The summed E-state index contributed by atoms with van der Waals surface area (Å²) in [5.41, 5.74) is 1.03. The highest BCUT2D eigenvalue weighted by molar-refractivity contribution is 5.80. The first-order valence-corrected chi connectivity index (χ1v) is 6.95. The average molecular weight is 276 g/mol. The zero-order valence-corrected chi connectivity index (χ0v) is 11.7. The highest BCUT2D eigenvalue weighted by Gasteiger charge is 2.29. The fourth-order valence-corrected chi connectivity index (χ4v) is 2.22. The molecule has 0 N–H and O–H groups in total. The number of aromatic nitrogens is 1. The number of carbonyl (C=O) groups excluding carboxylic acids is 2. The van der Waals surface area contributed by atoms with Crippen LogP contribution in [0.25, 0.3) is 0 Å². The summed E-state index contributed by atoms with van der Waals surface area (Å²) in [6, 6.07) is 3.78. The summed E-state index contributed by atoms with van der Waals surface area (Å²) in [6.45, 7) is 0.930. The van der Waals surface area contributed by atoms with Gasteiger partial charge in [-0.3, -0.25) is 14.6 Å². The number of rotatable bonds is 6. The highest BCUT2D eigenvalue weighted by atomic mass is 16.5. The molecule has 0 unspecified atom stereocenters. The third kappa shape index (κ3) is 3.79. The van der Waals surface area contributed by atoms with Crippen LogP contribution in [0.5, 0.6) is 0 Å². The minimum atomic E-state index is -0.286. The largest absolute Gasteiger partial charge is 0.469 e. The number of hydrogen-bond donors (Lipinski definition) is 0. The van der Waals surface area contributed by atoms with Crippen molar-refractivity contribution in [1.29, 1.82) is 0 Å². The van der Waals surface area contributed by atoms with Crippen molar-refractivity contribution in [1.82, 2.24) is 9.88 Å². The lowest BCUT2D eigenvalue weighted by Gasteiger charge is -2.31. The molecule has 0 radical (unpaired) electrons. The van der Waals surface area contributed by atoms with E-state index in [2.05, 4.69) is 9.72 Å². The standard InChI is InChI=1S/C15H20N2O3/c1-20-14(18)7-10-17(15(19)13-3-2-4-13)11-12-5-8-16-9-6-12/h5-6,8-9,13H,2-4,7,10-11H2,1H3. The van der Waals surface area contributed by atoms with Crippen molar-refractivity contribution in [2.75, 3.05) is 13.7 Å². The molecule has 108 valence electrons. The molecule has 5 nitrogen and oxygen atoms in total.